The van der Waals surface area contributed by atoms with E-state index in [1.807, 2.05) is 0 Å². The van der Waals surface area contributed by atoms with Crippen molar-refractivity contribution in [1.82, 2.24) is 5.32 Å². The summed E-state index contributed by atoms with van der Waals surface area (Å²) in [7, 11) is 1.76. The van der Waals surface area contributed by atoms with Gasteiger partial charge in [0.05, 0.1) is 7.11 Å². The van der Waals surface area contributed by atoms with Crippen molar-refractivity contribution in [1.29, 1.82) is 0 Å². The van der Waals surface area contributed by atoms with Gasteiger partial charge in [-0.25, -0.2) is 0 Å². The zero-order valence-corrected chi connectivity index (χ0v) is 13.5. The minimum Gasteiger partial charge on any atom is -0.497 e. The number of benzene rings is 1. The maximum atomic E-state index is 5.38. The van der Waals surface area contributed by atoms with Crippen molar-refractivity contribution in [3.63, 3.8) is 0 Å². The molecule has 2 nitrogen and oxygen atoms in total. The van der Waals surface area contributed by atoms with Crippen LogP contribution in [0.15, 0.2) is 18.2 Å². The first-order chi connectivity index (χ1) is 10.3. The Hall–Kier alpha value is -1.02. The third-order valence-electron chi connectivity index (χ3n) is 5.45. The summed E-state index contributed by atoms with van der Waals surface area (Å²) in [5, 5.41) is 3.99. The van der Waals surface area contributed by atoms with Gasteiger partial charge in [-0.1, -0.05) is 32.3 Å². The van der Waals surface area contributed by atoms with E-state index < -0.39 is 0 Å². The maximum absolute atomic E-state index is 5.38. The molecule has 0 aliphatic heterocycles. The summed E-state index contributed by atoms with van der Waals surface area (Å²) in [5.41, 5.74) is 3.00. The van der Waals surface area contributed by atoms with Gasteiger partial charge in [-0.15, -0.1) is 0 Å². The van der Waals surface area contributed by atoms with E-state index in [0.717, 1.165) is 24.1 Å². The molecule has 1 aromatic carbocycles. The van der Waals surface area contributed by atoms with Crippen molar-refractivity contribution in [2.45, 2.75) is 70.4 Å². The summed E-state index contributed by atoms with van der Waals surface area (Å²) < 4.78 is 5.38. The summed E-state index contributed by atoms with van der Waals surface area (Å²) in [4.78, 5) is 0. The van der Waals surface area contributed by atoms with Gasteiger partial charge in [0.15, 0.2) is 0 Å². The highest BCUT2D eigenvalue weighted by molar-refractivity contribution is 5.37. The third kappa shape index (κ3) is 3.60. The topological polar surface area (TPSA) is 21.3 Å². The van der Waals surface area contributed by atoms with E-state index in [9.17, 15) is 0 Å². The second kappa shape index (κ2) is 6.83. The first-order valence-electron chi connectivity index (χ1n) is 8.68. The van der Waals surface area contributed by atoms with Crippen LogP contribution in [0.1, 0.15) is 56.6 Å². The summed E-state index contributed by atoms with van der Waals surface area (Å²) in [6, 6.07) is 7.96. The molecule has 1 saturated carbocycles. The van der Waals surface area contributed by atoms with E-state index in [2.05, 4.69) is 30.4 Å². The highest BCUT2D eigenvalue weighted by Gasteiger charge is 2.25. The van der Waals surface area contributed by atoms with E-state index in [-0.39, 0.29) is 0 Å². The Kier molecular flexibility index (Phi) is 4.84. The van der Waals surface area contributed by atoms with E-state index in [1.54, 1.807) is 7.11 Å². The first-order valence-corrected chi connectivity index (χ1v) is 8.68. The van der Waals surface area contributed by atoms with E-state index in [4.69, 9.17) is 4.74 Å². The number of hydrogen-bond acceptors (Lipinski definition) is 2. The average molecular weight is 287 g/mol. The monoisotopic (exact) mass is 287 g/mol. The van der Waals surface area contributed by atoms with E-state index in [0.29, 0.717) is 6.04 Å². The number of rotatable bonds is 3. The van der Waals surface area contributed by atoms with Crippen LogP contribution in [-0.4, -0.2) is 19.2 Å². The Labute approximate surface area is 129 Å². The van der Waals surface area contributed by atoms with Gasteiger partial charge < -0.3 is 10.1 Å². The fourth-order valence-electron chi connectivity index (χ4n) is 4.05. The Morgan fingerprint density at radius 1 is 1.05 bits per heavy atom. The molecule has 2 aliphatic carbocycles. The van der Waals surface area contributed by atoms with Crippen molar-refractivity contribution in [3.8, 4) is 5.75 Å². The smallest absolute Gasteiger partial charge is 0.119 e. The van der Waals surface area contributed by atoms with Crippen molar-refractivity contribution in [2.75, 3.05) is 7.11 Å². The molecule has 3 rings (SSSR count). The molecule has 3 unspecified atom stereocenters. The number of aryl methyl sites for hydroxylation is 1. The molecule has 0 spiro atoms. The summed E-state index contributed by atoms with van der Waals surface area (Å²) in [6.07, 6.45) is 10.7. The molecule has 0 radical (unpaired) electrons. The van der Waals surface area contributed by atoms with Crippen LogP contribution >= 0.6 is 0 Å². The fraction of sp³-hybridized carbons (Fsp3) is 0.684. The second-order valence-corrected chi connectivity index (χ2v) is 6.96. The Morgan fingerprint density at radius 3 is 2.76 bits per heavy atom. The first kappa shape index (κ1) is 14.9. The van der Waals surface area contributed by atoms with Crippen molar-refractivity contribution in [3.05, 3.63) is 29.3 Å². The highest BCUT2D eigenvalue weighted by atomic mass is 16.5. The zero-order chi connectivity index (χ0) is 14.7. The molecule has 2 aliphatic rings. The molecule has 116 valence electrons. The fourth-order valence-corrected chi connectivity index (χ4v) is 4.05. The molecule has 1 fully saturated rings. The largest absolute Gasteiger partial charge is 0.497 e. The van der Waals surface area contributed by atoms with Crippen molar-refractivity contribution in [2.24, 2.45) is 5.92 Å². The van der Waals surface area contributed by atoms with Crippen LogP contribution in [0.5, 0.6) is 5.75 Å². The van der Waals surface area contributed by atoms with E-state index in [1.165, 1.54) is 56.1 Å². The second-order valence-electron chi connectivity index (χ2n) is 6.96. The van der Waals surface area contributed by atoms with Gasteiger partial charge in [0.1, 0.15) is 5.75 Å². The summed E-state index contributed by atoms with van der Waals surface area (Å²) in [6.45, 7) is 2.43. The van der Waals surface area contributed by atoms with Crippen LogP contribution in [0.25, 0.3) is 0 Å². The van der Waals surface area contributed by atoms with Crippen LogP contribution < -0.4 is 10.1 Å². The van der Waals surface area contributed by atoms with Gasteiger partial charge in [-0.3, -0.25) is 0 Å². The van der Waals surface area contributed by atoms with Crippen molar-refractivity contribution < 1.29 is 4.74 Å². The van der Waals surface area contributed by atoms with Gasteiger partial charge in [-0.2, -0.15) is 0 Å². The maximum Gasteiger partial charge on any atom is 0.119 e. The lowest BCUT2D eigenvalue weighted by atomic mass is 9.86. The molecule has 0 heterocycles. The highest BCUT2D eigenvalue weighted by Crippen LogP contribution is 2.28. The van der Waals surface area contributed by atoms with E-state index >= 15 is 0 Å². The normalized spacial score (nSPS) is 29.5. The Morgan fingerprint density at radius 2 is 1.90 bits per heavy atom. The SMILES string of the molecule is COc1ccc2c(c1)CC(NC1CCCCCC1C)CC2. The average Bonchev–Trinajstić information content (AvgIpc) is 2.71. The predicted molar refractivity (Wildman–Crippen MR) is 88.0 cm³/mol. The number of hydrogen-bond donors (Lipinski definition) is 1. The number of nitrogens with one attached hydrogen (secondary N) is 1. The standard InChI is InChI=1S/C19H29NO/c1-14-6-4-3-5-7-19(14)20-17-10-8-15-9-11-18(21-2)13-16(15)12-17/h9,11,13-14,17,19-20H,3-8,10,12H2,1-2H3. The quantitative estimate of drug-likeness (QED) is 0.845. The number of ether oxygens (including phenoxy) is 1. The molecule has 1 aromatic rings. The van der Waals surface area contributed by atoms with Gasteiger partial charge in [0.2, 0.25) is 0 Å². The molecule has 0 bridgehead atoms. The molecular formula is C19H29NO. The Balaban J connectivity index is 1.65. The summed E-state index contributed by atoms with van der Waals surface area (Å²) in [5.74, 6) is 1.83. The zero-order valence-electron chi connectivity index (χ0n) is 13.5. The molecule has 1 N–H and O–H groups in total. The lowest BCUT2D eigenvalue weighted by Gasteiger charge is -2.32. The van der Waals surface area contributed by atoms with Gasteiger partial charge in [0.25, 0.3) is 0 Å². The lowest BCUT2D eigenvalue weighted by Crippen LogP contribution is -2.44. The molecule has 21 heavy (non-hydrogen) atoms. The molecule has 0 aromatic heterocycles. The lowest BCUT2D eigenvalue weighted by molar-refractivity contribution is 0.305. The minimum atomic E-state index is 0.648. The van der Waals surface area contributed by atoms with Crippen LogP contribution in [0.3, 0.4) is 0 Å². The molecular weight excluding hydrogens is 258 g/mol. The van der Waals surface area contributed by atoms with Gasteiger partial charge >= 0.3 is 0 Å². The summed E-state index contributed by atoms with van der Waals surface area (Å²) >= 11 is 0. The minimum absolute atomic E-state index is 0.648. The van der Waals surface area contributed by atoms with Crippen LogP contribution in [0.2, 0.25) is 0 Å². The van der Waals surface area contributed by atoms with Gasteiger partial charge in [0, 0.05) is 12.1 Å². The molecule has 2 heteroatoms. The number of fused-ring (bicyclic) bond motifs is 1. The van der Waals surface area contributed by atoms with Crippen LogP contribution in [-0.2, 0) is 12.8 Å². The molecule has 0 saturated heterocycles. The van der Waals surface area contributed by atoms with Gasteiger partial charge in [-0.05, 0) is 61.3 Å². The third-order valence-corrected chi connectivity index (χ3v) is 5.45. The predicted octanol–water partition coefficient (Wildman–Crippen LogP) is 4.11. The number of methoxy groups -OCH3 is 1. The van der Waals surface area contributed by atoms with Crippen LogP contribution in [0, 0.1) is 5.92 Å². The van der Waals surface area contributed by atoms with Crippen molar-refractivity contribution >= 4 is 0 Å². The molecule has 0 amide bonds. The van der Waals surface area contributed by atoms with Crippen LogP contribution in [0.4, 0.5) is 0 Å². The molecule has 3 atom stereocenters. The Bertz CT molecular complexity index is 471.